The van der Waals surface area contributed by atoms with E-state index in [2.05, 4.69) is 43.2 Å². The van der Waals surface area contributed by atoms with Gasteiger partial charge in [0.05, 0.1) is 49.0 Å². The summed E-state index contributed by atoms with van der Waals surface area (Å²) in [6, 6.07) is 11.3. The number of fused-ring (bicyclic) bond motifs is 2. The molecule has 1 aliphatic carbocycles. The molecular weight excluding hydrogens is 780 g/mol. The van der Waals surface area contributed by atoms with Crippen molar-refractivity contribution in [3.8, 4) is 44.9 Å². The zero-order valence-electron chi connectivity index (χ0n) is 32.2. The van der Waals surface area contributed by atoms with Crippen molar-refractivity contribution >= 4 is 38.9 Å². The number of carbonyl (C=O) groups is 2. The molecule has 56 heavy (non-hydrogen) atoms. The highest BCUT2D eigenvalue weighted by Crippen LogP contribution is 2.45. The van der Waals surface area contributed by atoms with Gasteiger partial charge in [0.1, 0.15) is 28.4 Å². The number of methoxy groups -OCH3 is 2. The molecule has 8 aromatic heterocycles. The second kappa shape index (κ2) is 14.1. The van der Waals surface area contributed by atoms with Gasteiger partial charge < -0.3 is 18.3 Å². The number of aromatic nitrogens is 8. The fourth-order valence-electron chi connectivity index (χ4n) is 7.21. The third-order valence-corrected chi connectivity index (χ3v) is 11.0. The monoisotopic (exact) mass is 818 g/mol. The first-order valence-electron chi connectivity index (χ1n) is 17.9. The molecule has 1 saturated carbocycles. The minimum Gasteiger partial charge on any atom is -0.465 e. The molecule has 9 rings (SSSR count). The lowest BCUT2D eigenvalue weighted by molar-refractivity contribution is 0.0589. The molecular formula is C41H39BrN8O6. The molecule has 1 aliphatic rings. The zero-order chi connectivity index (χ0) is 39.6. The Morgan fingerprint density at radius 2 is 1.18 bits per heavy atom. The Balaban J connectivity index is 0.000000158. The summed E-state index contributed by atoms with van der Waals surface area (Å²) in [6.45, 7) is 8.09. The van der Waals surface area contributed by atoms with E-state index in [0.29, 0.717) is 33.2 Å². The fourth-order valence-corrected chi connectivity index (χ4v) is 7.66. The van der Waals surface area contributed by atoms with Crippen LogP contribution in [0.4, 0.5) is 0 Å². The third-order valence-electron chi connectivity index (χ3n) is 10.4. The van der Waals surface area contributed by atoms with E-state index in [4.69, 9.17) is 18.3 Å². The molecule has 0 aromatic carbocycles. The summed E-state index contributed by atoms with van der Waals surface area (Å²) >= 11 is 3.28. The standard InChI is InChI=1S/C22H22N4O3.C19H17BrN4O3/c1-12-20(13(2)25(3)24-12)17-11-23-26-8-7-15(9-18(17)26)19-10-16(22(27)28-4)21(29-19)14-5-6-14;1-10-17(11(2)23(3)22-10)14-9-21-24-6-5-12(7-15(14)24)16-8-13(18(20)27-16)19(25)26-4/h7-11,14H,5-6H2,1-4H3;5-9H,1-4H3. The molecule has 0 unspecified atom stereocenters. The molecule has 0 N–H and O–H groups in total. The van der Waals surface area contributed by atoms with E-state index >= 15 is 0 Å². The molecule has 286 valence electrons. The summed E-state index contributed by atoms with van der Waals surface area (Å²) in [5.41, 5.74) is 12.8. The van der Waals surface area contributed by atoms with E-state index in [1.165, 1.54) is 14.2 Å². The topological polar surface area (TPSA) is 149 Å². The summed E-state index contributed by atoms with van der Waals surface area (Å²) in [4.78, 5) is 24.0. The van der Waals surface area contributed by atoms with Crippen LogP contribution in [0.15, 0.2) is 74.7 Å². The van der Waals surface area contributed by atoms with Gasteiger partial charge in [-0.05, 0) is 86.8 Å². The highest BCUT2D eigenvalue weighted by molar-refractivity contribution is 9.10. The number of aryl methyl sites for hydroxylation is 4. The van der Waals surface area contributed by atoms with Crippen molar-refractivity contribution in [1.82, 2.24) is 38.8 Å². The summed E-state index contributed by atoms with van der Waals surface area (Å²) in [7, 11) is 6.61. The Kier molecular flexibility index (Phi) is 9.27. The Bertz CT molecular complexity index is 2830. The van der Waals surface area contributed by atoms with E-state index in [1.54, 1.807) is 12.1 Å². The van der Waals surface area contributed by atoms with Crippen LogP contribution in [0, 0.1) is 27.7 Å². The van der Waals surface area contributed by atoms with Crippen LogP contribution in [0.25, 0.3) is 55.9 Å². The van der Waals surface area contributed by atoms with Gasteiger partial charge >= 0.3 is 11.9 Å². The molecule has 8 heterocycles. The second-order valence-corrected chi connectivity index (χ2v) is 14.6. The number of carbonyl (C=O) groups excluding carboxylic acids is 2. The van der Waals surface area contributed by atoms with Crippen LogP contribution in [0.3, 0.4) is 0 Å². The number of nitrogens with zero attached hydrogens (tertiary/aromatic N) is 8. The van der Waals surface area contributed by atoms with Gasteiger partial charge in [0, 0.05) is 83.2 Å². The molecule has 14 nitrogen and oxygen atoms in total. The first-order chi connectivity index (χ1) is 26.9. The lowest BCUT2D eigenvalue weighted by Gasteiger charge is -2.03. The SMILES string of the molecule is COC(=O)c1cc(-c2ccn3ncc(-c4c(C)nn(C)c4C)c3c2)oc1Br.COC(=O)c1cc(-c2ccn3ncc(-c4c(C)nn(C)c4C)c3c2)oc1C1CC1. The van der Waals surface area contributed by atoms with Crippen molar-refractivity contribution in [1.29, 1.82) is 0 Å². The van der Waals surface area contributed by atoms with E-state index in [0.717, 1.165) is 85.8 Å². The normalized spacial score (nSPS) is 12.7. The molecule has 15 heteroatoms. The molecule has 0 aliphatic heterocycles. The highest BCUT2D eigenvalue weighted by Gasteiger charge is 2.33. The van der Waals surface area contributed by atoms with Crippen molar-refractivity contribution in [2.24, 2.45) is 14.1 Å². The fraction of sp³-hybridized carbons (Fsp3) is 0.268. The average Bonchev–Trinajstić information content (AvgIpc) is 3.59. The smallest absolute Gasteiger partial charge is 0.342 e. The second-order valence-electron chi connectivity index (χ2n) is 13.9. The lowest BCUT2D eigenvalue weighted by Crippen LogP contribution is -2.02. The molecule has 0 atom stereocenters. The number of rotatable bonds is 7. The van der Waals surface area contributed by atoms with E-state index in [1.807, 2.05) is 102 Å². The van der Waals surface area contributed by atoms with Gasteiger partial charge in [-0.2, -0.15) is 20.4 Å². The predicted octanol–water partition coefficient (Wildman–Crippen LogP) is 8.44. The quantitative estimate of drug-likeness (QED) is 0.144. The number of hydrogen-bond donors (Lipinski definition) is 0. The summed E-state index contributed by atoms with van der Waals surface area (Å²) in [6.07, 6.45) is 9.57. The maximum atomic E-state index is 12.2. The van der Waals surface area contributed by atoms with E-state index in [-0.39, 0.29) is 5.97 Å². The van der Waals surface area contributed by atoms with Gasteiger partial charge in [0.2, 0.25) is 0 Å². The maximum Gasteiger partial charge on any atom is 0.342 e. The lowest BCUT2D eigenvalue weighted by atomic mass is 10.0. The van der Waals surface area contributed by atoms with Crippen LogP contribution in [0.1, 0.15) is 68.0 Å². The Hall–Kier alpha value is -6.22. The summed E-state index contributed by atoms with van der Waals surface area (Å²) < 4.78 is 29.3. The largest absolute Gasteiger partial charge is 0.465 e. The minimum atomic E-state index is -0.454. The van der Waals surface area contributed by atoms with Crippen molar-refractivity contribution in [2.45, 2.75) is 46.5 Å². The number of pyridine rings is 2. The number of hydrogen-bond acceptors (Lipinski definition) is 10. The third kappa shape index (κ3) is 6.30. The number of esters is 2. The van der Waals surface area contributed by atoms with Gasteiger partial charge in [-0.25, -0.2) is 18.6 Å². The zero-order valence-corrected chi connectivity index (χ0v) is 33.8. The maximum absolute atomic E-state index is 12.2. The van der Waals surface area contributed by atoms with Gasteiger partial charge in [-0.15, -0.1) is 0 Å². The summed E-state index contributed by atoms with van der Waals surface area (Å²) in [5, 5.41) is 18.0. The van der Waals surface area contributed by atoms with Crippen LogP contribution in [0.5, 0.6) is 0 Å². The van der Waals surface area contributed by atoms with Gasteiger partial charge in [-0.1, -0.05) is 0 Å². The molecule has 0 radical (unpaired) electrons. The summed E-state index contributed by atoms with van der Waals surface area (Å²) in [5.74, 6) is 1.48. The molecule has 0 spiro atoms. The number of halogens is 1. The average molecular weight is 820 g/mol. The van der Waals surface area contributed by atoms with Gasteiger partial charge in [0.25, 0.3) is 0 Å². The Morgan fingerprint density at radius 3 is 1.62 bits per heavy atom. The number of ether oxygens (including phenoxy) is 2. The van der Waals surface area contributed by atoms with Crippen LogP contribution in [0.2, 0.25) is 0 Å². The molecule has 1 fully saturated rings. The molecule has 0 bridgehead atoms. The van der Waals surface area contributed by atoms with Crippen LogP contribution < -0.4 is 0 Å². The Morgan fingerprint density at radius 1 is 0.714 bits per heavy atom. The molecule has 8 aromatic rings. The van der Waals surface area contributed by atoms with E-state index < -0.39 is 5.97 Å². The van der Waals surface area contributed by atoms with Crippen LogP contribution in [-0.2, 0) is 23.6 Å². The van der Waals surface area contributed by atoms with Gasteiger partial charge in [-0.3, -0.25) is 9.36 Å². The molecule has 0 amide bonds. The van der Waals surface area contributed by atoms with E-state index in [9.17, 15) is 9.59 Å². The first-order valence-corrected chi connectivity index (χ1v) is 18.7. The van der Waals surface area contributed by atoms with Crippen LogP contribution >= 0.6 is 15.9 Å². The highest BCUT2D eigenvalue weighted by atomic mass is 79.9. The van der Waals surface area contributed by atoms with Crippen LogP contribution in [-0.4, -0.2) is 64.9 Å². The first kappa shape index (κ1) is 36.7. The molecule has 0 saturated heterocycles. The Labute approximate surface area is 329 Å². The minimum absolute atomic E-state index is 0.313. The van der Waals surface area contributed by atoms with Crippen molar-refractivity contribution in [3.05, 3.63) is 106 Å². The predicted molar refractivity (Wildman–Crippen MR) is 211 cm³/mol. The number of furan rings is 2. The van der Waals surface area contributed by atoms with Crippen molar-refractivity contribution in [3.63, 3.8) is 0 Å². The van der Waals surface area contributed by atoms with Crippen molar-refractivity contribution < 1.29 is 27.9 Å². The van der Waals surface area contributed by atoms with Crippen molar-refractivity contribution in [2.75, 3.05) is 14.2 Å². The van der Waals surface area contributed by atoms with Gasteiger partial charge in [0.15, 0.2) is 4.67 Å².